The molecule has 1 amide bonds. The van der Waals surface area contributed by atoms with Crippen LogP contribution in [-0.4, -0.2) is 50.8 Å². The fourth-order valence-electron chi connectivity index (χ4n) is 4.05. The Morgan fingerprint density at radius 1 is 1.08 bits per heavy atom. The zero-order valence-corrected chi connectivity index (χ0v) is 15.6. The first-order valence-electron chi connectivity index (χ1n) is 9.74. The molecule has 3 rings (SSSR count). The standard InChI is InChI=1S/C20H31N3O2/c1-16-13-22(14-17(2)25-16)15-20(24)21-18-7-9-19(10-8-18)23-11-5-3-4-6-12-23/h7-10,16-17H,3-6,11-15H2,1-2H3,(H,21,24)/p+1/t16-,17-/m1/s1. The van der Waals surface area contributed by atoms with Crippen LogP contribution in [0.4, 0.5) is 11.4 Å². The second-order valence-corrected chi connectivity index (χ2v) is 7.59. The van der Waals surface area contributed by atoms with Crippen LogP contribution in [0.2, 0.25) is 0 Å². The minimum absolute atomic E-state index is 0.0822. The van der Waals surface area contributed by atoms with E-state index in [1.165, 1.54) is 36.3 Å². The summed E-state index contributed by atoms with van der Waals surface area (Å²) >= 11 is 0. The molecule has 2 fully saturated rings. The normalized spacial score (nSPS) is 27.6. The number of rotatable bonds is 4. The highest BCUT2D eigenvalue weighted by molar-refractivity contribution is 5.91. The maximum Gasteiger partial charge on any atom is 0.279 e. The number of nitrogens with zero attached hydrogens (tertiary/aromatic N) is 1. The van der Waals surface area contributed by atoms with Crippen molar-refractivity contribution in [3.8, 4) is 0 Å². The molecule has 25 heavy (non-hydrogen) atoms. The van der Waals surface area contributed by atoms with Gasteiger partial charge in [-0.3, -0.25) is 4.79 Å². The molecule has 5 heteroatoms. The van der Waals surface area contributed by atoms with E-state index >= 15 is 0 Å². The molecular weight excluding hydrogens is 314 g/mol. The van der Waals surface area contributed by atoms with Crippen LogP contribution in [-0.2, 0) is 9.53 Å². The first kappa shape index (κ1) is 18.2. The van der Waals surface area contributed by atoms with Gasteiger partial charge in [-0.25, -0.2) is 0 Å². The molecule has 2 aliphatic rings. The lowest BCUT2D eigenvalue weighted by atomic mass is 10.2. The number of carbonyl (C=O) groups excluding carboxylic acids is 1. The Bertz CT molecular complexity index is 543. The Morgan fingerprint density at radius 3 is 2.28 bits per heavy atom. The average molecular weight is 346 g/mol. The van der Waals surface area contributed by atoms with E-state index < -0.39 is 0 Å². The van der Waals surface area contributed by atoms with Crippen LogP contribution in [0.15, 0.2) is 24.3 Å². The summed E-state index contributed by atoms with van der Waals surface area (Å²) in [4.78, 5) is 16.1. The maximum absolute atomic E-state index is 12.3. The van der Waals surface area contributed by atoms with Crippen molar-refractivity contribution in [2.24, 2.45) is 0 Å². The molecule has 1 aromatic rings. The molecule has 138 valence electrons. The number of morpholine rings is 1. The zero-order valence-electron chi connectivity index (χ0n) is 15.6. The molecule has 0 bridgehead atoms. The summed E-state index contributed by atoms with van der Waals surface area (Å²) in [6, 6.07) is 8.31. The largest absolute Gasteiger partial charge is 0.372 e. The van der Waals surface area contributed by atoms with E-state index in [9.17, 15) is 4.79 Å². The summed E-state index contributed by atoms with van der Waals surface area (Å²) in [6.07, 6.45) is 5.67. The van der Waals surface area contributed by atoms with Gasteiger partial charge in [-0.15, -0.1) is 0 Å². The van der Waals surface area contributed by atoms with Gasteiger partial charge in [0.15, 0.2) is 6.54 Å². The number of quaternary nitrogens is 1. The van der Waals surface area contributed by atoms with Crippen LogP contribution in [0.3, 0.4) is 0 Å². The number of nitrogens with one attached hydrogen (secondary N) is 2. The van der Waals surface area contributed by atoms with E-state index in [4.69, 9.17) is 4.74 Å². The van der Waals surface area contributed by atoms with Gasteiger partial charge in [0, 0.05) is 24.5 Å². The van der Waals surface area contributed by atoms with Gasteiger partial charge in [-0.1, -0.05) is 12.8 Å². The average Bonchev–Trinajstić information content (AvgIpc) is 2.83. The van der Waals surface area contributed by atoms with Gasteiger partial charge < -0.3 is 19.9 Å². The highest BCUT2D eigenvalue weighted by atomic mass is 16.5. The summed E-state index contributed by atoms with van der Waals surface area (Å²) in [5.74, 6) is 0.0822. The fraction of sp³-hybridized carbons (Fsp3) is 0.650. The number of anilines is 2. The summed E-state index contributed by atoms with van der Waals surface area (Å²) in [7, 11) is 0. The predicted molar refractivity (Wildman–Crippen MR) is 101 cm³/mol. The Labute approximate surface area is 151 Å². The Balaban J connectivity index is 1.51. The quantitative estimate of drug-likeness (QED) is 0.872. The van der Waals surface area contributed by atoms with Crippen molar-refractivity contribution in [3.63, 3.8) is 0 Å². The molecule has 2 heterocycles. The van der Waals surface area contributed by atoms with Crippen molar-refractivity contribution in [1.29, 1.82) is 0 Å². The van der Waals surface area contributed by atoms with Crippen LogP contribution in [0.25, 0.3) is 0 Å². The molecule has 2 saturated heterocycles. The second kappa shape index (κ2) is 8.68. The smallest absolute Gasteiger partial charge is 0.279 e. The minimum Gasteiger partial charge on any atom is -0.372 e. The van der Waals surface area contributed by atoms with Gasteiger partial charge in [0.25, 0.3) is 5.91 Å². The van der Waals surface area contributed by atoms with Gasteiger partial charge >= 0.3 is 0 Å². The highest BCUT2D eigenvalue weighted by Gasteiger charge is 2.27. The lowest BCUT2D eigenvalue weighted by Crippen LogP contribution is -3.16. The Hall–Kier alpha value is -1.59. The van der Waals surface area contributed by atoms with Crippen molar-refractivity contribution in [1.82, 2.24) is 0 Å². The lowest BCUT2D eigenvalue weighted by molar-refractivity contribution is -0.907. The number of carbonyl (C=O) groups is 1. The SMILES string of the molecule is C[C@@H]1C[NH+](CC(=O)Nc2ccc(N3CCCCCC3)cc2)C[C@@H](C)O1. The topological polar surface area (TPSA) is 46.0 Å². The molecule has 0 saturated carbocycles. The van der Waals surface area contributed by atoms with Crippen LogP contribution in [0.1, 0.15) is 39.5 Å². The summed E-state index contributed by atoms with van der Waals surface area (Å²) in [5, 5.41) is 3.04. The van der Waals surface area contributed by atoms with E-state index in [-0.39, 0.29) is 18.1 Å². The lowest BCUT2D eigenvalue weighted by Gasteiger charge is -2.31. The number of hydrogen-bond donors (Lipinski definition) is 2. The number of hydrogen-bond acceptors (Lipinski definition) is 3. The summed E-state index contributed by atoms with van der Waals surface area (Å²) in [6.45, 7) is 8.73. The second-order valence-electron chi connectivity index (χ2n) is 7.59. The van der Waals surface area contributed by atoms with Crippen molar-refractivity contribution in [3.05, 3.63) is 24.3 Å². The fourth-order valence-corrected chi connectivity index (χ4v) is 4.05. The van der Waals surface area contributed by atoms with Crippen LogP contribution in [0.5, 0.6) is 0 Å². The molecule has 0 aliphatic carbocycles. The van der Waals surface area contributed by atoms with Crippen LogP contribution < -0.4 is 15.1 Å². The first-order valence-corrected chi connectivity index (χ1v) is 9.74. The molecule has 2 atom stereocenters. The molecule has 1 aromatic carbocycles. The molecule has 5 nitrogen and oxygen atoms in total. The number of benzene rings is 1. The minimum atomic E-state index is 0.0822. The monoisotopic (exact) mass is 346 g/mol. The Morgan fingerprint density at radius 2 is 1.68 bits per heavy atom. The predicted octanol–water partition coefficient (Wildman–Crippen LogP) is 1.70. The molecule has 2 aliphatic heterocycles. The third-order valence-corrected chi connectivity index (χ3v) is 5.15. The van der Waals surface area contributed by atoms with Gasteiger partial charge in [-0.2, -0.15) is 0 Å². The number of amides is 1. The van der Waals surface area contributed by atoms with Crippen LogP contribution in [0, 0.1) is 0 Å². The van der Waals surface area contributed by atoms with Gasteiger partial charge in [0.05, 0.1) is 0 Å². The molecule has 2 N–H and O–H groups in total. The first-order chi connectivity index (χ1) is 12.1. The summed E-state index contributed by atoms with van der Waals surface area (Å²) in [5.41, 5.74) is 2.15. The molecular formula is C20H32N3O2+. The Kier molecular flexibility index (Phi) is 6.32. The highest BCUT2D eigenvalue weighted by Crippen LogP contribution is 2.21. The van der Waals surface area contributed by atoms with E-state index in [0.29, 0.717) is 6.54 Å². The van der Waals surface area contributed by atoms with Crippen molar-refractivity contribution in [2.45, 2.75) is 51.7 Å². The zero-order chi connectivity index (χ0) is 17.6. The van der Waals surface area contributed by atoms with Gasteiger partial charge in [0.2, 0.25) is 0 Å². The third kappa shape index (κ3) is 5.44. The van der Waals surface area contributed by atoms with Gasteiger partial charge in [0.1, 0.15) is 25.3 Å². The van der Waals surface area contributed by atoms with E-state index in [2.05, 4.69) is 36.2 Å². The van der Waals surface area contributed by atoms with Crippen LogP contribution >= 0.6 is 0 Å². The molecule has 0 spiro atoms. The van der Waals surface area contributed by atoms with Gasteiger partial charge in [-0.05, 0) is 51.0 Å². The molecule has 0 radical (unpaired) electrons. The van der Waals surface area contributed by atoms with Crippen molar-refractivity contribution < 1.29 is 14.4 Å². The third-order valence-electron chi connectivity index (χ3n) is 5.15. The molecule has 0 unspecified atom stereocenters. The maximum atomic E-state index is 12.3. The van der Waals surface area contributed by atoms with Crippen molar-refractivity contribution >= 4 is 17.3 Å². The van der Waals surface area contributed by atoms with E-state index in [0.717, 1.165) is 31.9 Å². The molecule has 0 aromatic heterocycles. The summed E-state index contributed by atoms with van der Waals surface area (Å²) < 4.78 is 5.74. The number of ether oxygens (including phenoxy) is 1. The van der Waals surface area contributed by atoms with E-state index in [1.807, 2.05) is 12.1 Å². The van der Waals surface area contributed by atoms with Crippen molar-refractivity contribution in [2.75, 3.05) is 42.9 Å². The van der Waals surface area contributed by atoms with E-state index in [1.54, 1.807) is 0 Å².